The number of nitrogens with one attached hydrogen (secondary N) is 2. The van der Waals surface area contributed by atoms with Crippen molar-refractivity contribution in [1.29, 1.82) is 0 Å². The van der Waals surface area contributed by atoms with Crippen molar-refractivity contribution in [2.24, 2.45) is 5.41 Å². The van der Waals surface area contributed by atoms with Gasteiger partial charge in [0.2, 0.25) is 0 Å². The number of thiazole rings is 1. The van der Waals surface area contributed by atoms with Gasteiger partial charge >= 0.3 is 0 Å². The molecule has 3 aromatic rings. The number of anilines is 1. The van der Waals surface area contributed by atoms with Crippen LogP contribution in [-0.2, 0) is 9.59 Å². The van der Waals surface area contributed by atoms with Crippen molar-refractivity contribution in [1.82, 2.24) is 10.3 Å². The third kappa shape index (κ3) is 4.39. The van der Waals surface area contributed by atoms with Gasteiger partial charge in [0.15, 0.2) is 10.9 Å². The van der Waals surface area contributed by atoms with Gasteiger partial charge in [0.25, 0.3) is 5.91 Å². The molecule has 0 bridgehead atoms. The highest BCUT2D eigenvalue weighted by Crippen LogP contribution is 2.47. The number of ketones is 1. The molecule has 0 fully saturated rings. The highest BCUT2D eigenvalue weighted by Gasteiger charge is 2.42. The first kappa shape index (κ1) is 23.5. The third-order valence-corrected chi connectivity index (χ3v) is 8.16. The summed E-state index contributed by atoms with van der Waals surface area (Å²) in [7, 11) is 0. The molecule has 0 radical (unpaired) electrons. The van der Waals surface area contributed by atoms with Crippen LogP contribution in [0.25, 0.3) is 10.2 Å². The second-order valence-electron chi connectivity index (χ2n) is 9.57. The van der Waals surface area contributed by atoms with Crippen molar-refractivity contribution >= 4 is 70.2 Å². The molecule has 2 N–H and O–H groups in total. The van der Waals surface area contributed by atoms with E-state index in [0.717, 1.165) is 42.5 Å². The van der Waals surface area contributed by atoms with Crippen LogP contribution in [0.3, 0.4) is 0 Å². The minimum Gasteiger partial charge on any atom is -0.362 e. The lowest BCUT2D eigenvalue weighted by Gasteiger charge is -2.39. The maximum atomic E-state index is 13.7. The molecule has 1 atom stereocenters. The number of rotatable bonds is 3. The second-order valence-corrected chi connectivity index (χ2v) is 12.4. The lowest BCUT2D eigenvalue weighted by molar-refractivity contribution is -0.118. The molecule has 1 amide bonds. The Hall–Kier alpha value is -2.29. The fourth-order valence-corrected chi connectivity index (χ4v) is 6.70. The fraction of sp³-hybridized carbons (Fsp3) is 0.269. The van der Waals surface area contributed by atoms with E-state index in [1.54, 1.807) is 0 Å². The number of nitrogens with zero attached hydrogens (tertiary/aromatic N) is 1. The fourth-order valence-electron chi connectivity index (χ4n) is 4.87. The average molecular weight is 601 g/mol. The van der Waals surface area contributed by atoms with Gasteiger partial charge < -0.3 is 5.32 Å². The first-order chi connectivity index (χ1) is 16.1. The smallest absolute Gasteiger partial charge is 0.256 e. The number of dihydropyridines is 1. The Morgan fingerprint density at radius 1 is 1.15 bits per heavy atom. The van der Waals surface area contributed by atoms with Crippen molar-refractivity contribution in [3.8, 4) is 0 Å². The molecule has 1 aromatic heterocycles. The number of hydrogen-bond donors (Lipinski definition) is 2. The van der Waals surface area contributed by atoms with Gasteiger partial charge in [-0.05, 0) is 54.7 Å². The average Bonchev–Trinajstić information content (AvgIpc) is 3.12. The molecule has 1 aliphatic carbocycles. The van der Waals surface area contributed by atoms with E-state index in [1.165, 1.54) is 11.3 Å². The zero-order chi connectivity index (χ0) is 24.2. The van der Waals surface area contributed by atoms with Crippen molar-refractivity contribution in [2.75, 3.05) is 5.32 Å². The second kappa shape index (κ2) is 8.73. The van der Waals surface area contributed by atoms with E-state index in [0.29, 0.717) is 22.7 Å². The molecule has 8 heteroatoms. The number of carbonyl (C=O) groups excluding carboxylic acids is 2. The molecule has 2 aromatic carbocycles. The maximum Gasteiger partial charge on any atom is 0.256 e. The number of allylic oxidation sites excluding steroid dienone is 3. The van der Waals surface area contributed by atoms with Gasteiger partial charge in [-0.2, -0.15) is 0 Å². The maximum absolute atomic E-state index is 13.7. The third-order valence-electron chi connectivity index (χ3n) is 6.24. The number of Topliss-reactive ketones (excluding diaryl/α,β-unsaturated/α-hetero) is 1. The van der Waals surface area contributed by atoms with Crippen LogP contribution in [0.1, 0.15) is 45.1 Å². The molecule has 2 aliphatic rings. The summed E-state index contributed by atoms with van der Waals surface area (Å²) in [6, 6.07) is 13.7. The highest BCUT2D eigenvalue weighted by molar-refractivity contribution is 9.10. The van der Waals surface area contributed by atoms with Crippen LogP contribution in [0, 0.1) is 5.41 Å². The Kier molecular flexibility index (Phi) is 6.02. The van der Waals surface area contributed by atoms with Crippen LogP contribution in [0.5, 0.6) is 0 Å². The summed E-state index contributed by atoms with van der Waals surface area (Å²) in [5, 5.41) is 6.94. The van der Waals surface area contributed by atoms with Gasteiger partial charge in [0.05, 0.1) is 10.2 Å². The zero-order valence-corrected chi connectivity index (χ0v) is 22.9. The molecular formula is C26H23Br2N3O2S. The molecule has 0 spiro atoms. The number of halogens is 2. The van der Waals surface area contributed by atoms with Crippen molar-refractivity contribution in [3.05, 3.63) is 79.5 Å². The Morgan fingerprint density at radius 3 is 2.68 bits per heavy atom. The Bertz CT molecular complexity index is 1420. The lowest BCUT2D eigenvalue weighted by atomic mass is 9.68. The van der Waals surface area contributed by atoms with E-state index in [-0.39, 0.29) is 17.1 Å². The van der Waals surface area contributed by atoms with Crippen molar-refractivity contribution in [3.63, 3.8) is 0 Å². The van der Waals surface area contributed by atoms with E-state index in [9.17, 15) is 9.59 Å². The summed E-state index contributed by atoms with van der Waals surface area (Å²) in [5.74, 6) is -0.607. The van der Waals surface area contributed by atoms with Crippen LogP contribution in [0.15, 0.2) is 74.0 Å². The van der Waals surface area contributed by atoms with Gasteiger partial charge in [-0.25, -0.2) is 4.98 Å². The van der Waals surface area contributed by atoms with Crippen molar-refractivity contribution < 1.29 is 9.59 Å². The molecule has 0 saturated heterocycles. The van der Waals surface area contributed by atoms with E-state index in [2.05, 4.69) is 61.3 Å². The predicted molar refractivity (Wildman–Crippen MR) is 144 cm³/mol. The first-order valence-electron chi connectivity index (χ1n) is 11.0. The van der Waals surface area contributed by atoms with Gasteiger partial charge in [0.1, 0.15) is 0 Å². The van der Waals surface area contributed by atoms with Crippen molar-refractivity contribution in [2.45, 2.75) is 39.5 Å². The van der Waals surface area contributed by atoms with Crippen LogP contribution >= 0.6 is 43.2 Å². The molecule has 34 heavy (non-hydrogen) atoms. The van der Waals surface area contributed by atoms with Gasteiger partial charge in [0, 0.05) is 43.8 Å². The normalized spacial score (nSPS) is 19.8. The van der Waals surface area contributed by atoms with Gasteiger partial charge in [-0.1, -0.05) is 69.2 Å². The largest absolute Gasteiger partial charge is 0.362 e. The Morgan fingerprint density at radius 2 is 1.91 bits per heavy atom. The monoisotopic (exact) mass is 599 g/mol. The molecule has 5 nitrogen and oxygen atoms in total. The number of carbonyl (C=O) groups is 2. The van der Waals surface area contributed by atoms with E-state index < -0.39 is 5.92 Å². The van der Waals surface area contributed by atoms with Crippen LogP contribution in [0.2, 0.25) is 0 Å². The van der Waals surface area contributed by atoms with Gasteiger partial charge in [-0.15, -0.1) is 0 Å². The summed E-state index contributed by atoms with van der Waals surface area (Å²) in [6.07, 6.45) is 1.22. The summed E-state index contributed by atoms with van der Waals surface area (Å²) in [4.78, 5) is 31.7. The Balaban J connectivity index is 1.57. The van der Waals surface area contributed by atoms with E-state index in [1.807, 2.05) is 49.4 Å². The molecule has 174 valence electrons. The summed E-state index contributed by atoms with van der Waals surface area (Å²) < 4.78 is 2.85. The highest BCUT2D eigenvalue weighted by atomic mass is 79.9. The zero-order valence-electron chi connectivity index (χ0n) is 19.0. The molecule has 5 rings (SSSR count). The summed E-state index contributed by atoms with van der Waals surface area (Å²) in [5.41, 5.74) is 4.54. The lowest BCUT2D eigenvalue weighted by Crippen LogP contribution is -2.39. The summed E-state index contributed by atoms with van der Waals surface area (Å²) >= 11 is 8.46. The van der Waals surface area contributed by atoms with Gasteiger partial charge in [-0.3, -0.25) is 14.9 Å². The van der Waals surface area contributed by atoms with E-state index in [4.69, 9.17) is 0 Å². The quantitative estimate of drug-likeness (QED) is 0.337. The number of hydrogen-bond acceptors (Lipinski definition) is 5. The van der Waals surface area contributed by atoms with Crippen LogP contribution in [-0.4, -0.2) is 16.7 Å². The molecule has 1 unspecified atom stereocenters. The predicted octanol–water partition coefficient (Wildman–Crippen LogP) is 7.06. The Labute approximate surface area is 219 Å². The first-order valence-corrected chi connectivity index (χ1v) is 13.4. The SMILES string of the molecule is CC1=C(C(=O)Nc2nc3ccc(Br)cc3s2)C(c2cccc(Br)c2)C2=C(CC(C)(C)CC2=O)N1. The van der Waals surface area contributed by atoms with Crippen LogP contribution in [0.4, 0.5) is 5.13 Å². The summed E-state index contributed by atoms with van der Waals surface area (Å²) in [6.45, 7) is 6.12. The molecule has 1 aliphatic heterocycles. The number of aromatic nitrogens is 1. The number of amides is 1. The molecule has 2 heterocycles. The number of benzene rings is 2. The minimum absolute atomic E-state index is 0.0892. The topological polar surface area (TPSA) is 71.1 Å². The minimum atomic E-state index is -0.444. The van der Waals surface area contributed by atoms with E-state index >= 15 is 0 Å². The molecule has 0 saturated carbocycles. The van der Waals surface area contributed by atoms with Crippen LogP contribution < -0.4 is 10.6 Å². The standard InChI is InChI=1S/C26H23Br2N3O2S/c1-13-21(24(33)31-25-30-17-8-7-16(28)10-20(17)34-25)22(14-5-4-6-15(27)9-14)23-18(29-13)11-26(2,3)12-19(23)32/h4-10,22,29H,11-12H2,1-3H3,(H,30,31,33). The number of fused-ring (bicyclic) bond motifs is 1. The molecular weight excluding hydrogens is 578 g/mol.